The minimum atomic E-state index is 0. The minimum absolute atomic E-state index is 0. The molecule has 0 radical (unpaired) electrons. The molecule has 1 saturated heterocycles. The van der Waals surface area contributed by atoms with Crippen molar-refractivity contribution in [2.45, 2.75) is 38.4 Å². The zero-order valence-corrected chi connectivity index (χ0v) is 10.9. The van der Waals surface area contributed by atoms with E-state index in [1.807, 2.05) is 4.68 Å². The van der Waals surface area contributed by atoms with E-state index in [9.17, 15) is 0 Å². The van der Waals surface area contributed by atoms with E-state index >= 15 is 0 Å². The second-order valence-electron chi connectivity index (χ2n) is 4.86. The van der Waals surface area contributed by atoms with Gasteiger partial charge < -0.3 is 5.32 Å². The zero-order valence-electron chi connectivity index (χ0n) is 10.0. The van der Waals surface area contributed by atoms with Gasteiger partial charge in [-0.1, -0.05) is 0 Å². The number of hydrogen-bond donors (Lipinski definition) is 1. The molecule has 6 nitrogen and oxygen atoms in total. The number of halogens is 1. The lowest BCUT2D eigenvalue weighted by atomic mass is 10.2. The number of rotatable bonds is 3. The van der Waals surface area contributed by atoms with Crippen LogP contribution in [0.3, 0.4) is 0 Å². The summed E-state index contributed by atoms with van der Waals surface area (Å²) in [4.78, 5) is 2.42. The Kier molecular flexibility index (Phi) is 3.96. The van der Waals surface area contributed by atoms with Gasteiger partial charge in [0.05, 0.1) is 12.6 Å². The zero-order chi connectivity index (χ0) is 11.0. The Morgan fingerprint density at radius 2 is 2.24 bits per heavy atom. The number of aromatic nitrogens is 4. The average molecular weight is 259 g/mol. The molecule has 1 N–H and O–H groups in total. The molecule has 1 atom stereocenters. The summed E-state index contributed by atoms with van der Waals surface area (Å²) >= 11 is 0. The molecular weight excluding hydrogens is 240 g/mol. The van der Waals surface area contributed by atoms with Gasteiger partial charge in [-0.15, -0.1) is 17.5 Å². The monoisotopic (exact) mass is 258 g/mol. The topological polar surface area (TPSA) is 58.9 Å². The molecule has 1 aromatic heterocycles. The summed E-state index contributed by atoms with van der Waals surface area (Å²) < 4.78 is 2.01. The van der Waals surface area contributed by atoms with Crippen LogP contribution in [0.2, 0.25) is 0 Å². The van der Waals surface area contributed by atoms with E-state index in [1.165, 1.54) is 12.8 Å². The van der Waals surface area contributed by atoms with Gasteiger partial charge in [-0.25, -0.2) is 4.68 Å². The highest BCUT2D eigenvalue weighted by Crippen LogP contribution is 2.34. The normalized spacial score (nSPS) is 25.6. The van der Waals surface area contributed by atoms with Gasteiger partial charge in [0.15, 0.2) is 5.82 Å². The maximum Gasteiger partial charge on any atom is 0.165 e. The van der Waals surface area contributed by atoms with E-state index in [2.05, 4.69) is 32.7 Å². The molecule has 2 fully saturated rings. The predicted octanol–water partition coefficient (Wildman–Crippen LogP) is 0.223. The smallest absolute Gasteiger partial charge is 0.165 e. The van der Waals surface area contributed by atoms with Gasteiger partial charge in [0, 0.05) is 25.7 Å². The van der Waals surface area contributed by atoms with Gasteiger partial charge in [0.25, 0.3) is 0 Å². The third-order valence-electron chi connectivity index (χ3n) is 3.27. The molecular formula is C10H19ClN6. The molecule has 1 aliphatic heterocycles. The van der Waals surface area contributed by atoms with E-state index in [0.29, 0.717) is 12.1 Å². The van der Waals surface area contributed by atoms with Crippen LogP contribution in [0.15, 0.2) is 0 Å². The number of piperazine rings is 1. The van der Waals surface area contributed by atoms with Crippen molar-refractivity contribution in [1.29, 1.82) is 0 Å². The van der Waals surface area contributed by atoms with Crippen LogP contribution in [-0.2, 0) is 6.54 Å². The largest absolute Gasteiger partial charge is 0.312 e. The van der Waals surface area contributed by atoms with Gasteiger partial charge in [-0.05, 0) is 30.2 Å². The summed E-state index contributed by atoms with van der Waals surface area (Å²) in [5, 5.41) is 15.4. The fraction of sp³-hybridized carbons (Fsp3) is 0.900. The van der Waals surface area contributed by atoms with Gasteiger partial charge in [0.2, 0.25) is 0 Å². The van der Waals surface area contributed by atoms with Gasteiger partial charge in [-0.2, -0.15) is 0 Å². The van der Waals surface area contributed by atoms with E-state index in [0.717, 1.165) is 32.0 Å². The minimum Gasteiger partial charge on any atom is -0.312 e. The highest BCUT2D eigenvalue weighted by molar-refractivity contribution is 5.85. The molecule has 1 aromatic rings. The summed E-state index contributed by atoms with van der Waals surface area (Å²) in [5.41, 5.74) is 0. The van der Waals surface area contributed by atoms with E-state index in [1.54, 1.807) is 0 Å². The van der Waals surface area contributed by atoms with Crippen LogP contribution in [0.1, 0.15) is 31.6 Å². The predicted molar refractivity (Wildman–Crippen MR) is 66.1 cm³/mol. The Morgan fingerprint density at radius 3 is 2.94 bits per heavy atom. The van der Waals surface area contributed by atoms with Crippen LogP contribution in [0.5, 0.6) is 0 Å². The second kappa shape index (κ2) is 5.29. The first-order valence-electron chi connectivity index (χ1n) is 6.05. The van der Waals surface area contributed by atoms with Gasteiger partial charge in [0.1, 0.15) is 0 Å². The van der Waals surface area contributed by atoms with Gasteiger partial charge in [-0.3, -0.25) is 4.90 Å². The molecule has 2 heterocycles. The van der Waals surface area contributed by atoms with Crippen molar-refractivity contribution < 1.29 is 0 Å². The molecule has 1 aliphatic carbocycles. The van der Waals surface area contributed by atoms with Crippen LogP contribution in [0, 0.1) is 0 Å². The average Bonchev–Trinajstić information content (AvgIpc) is 3.00. The summed E-state index contributed by atoms with van der Waals surface area (Å²) in [6.07, 6.45) is 2.46. The van der Waals surface area contributed by atoms with Crippen LogP contribution in [-0.4, -0.2) is 50.8 Å². The summed E-state index contributed by atoms with van der Waals surface area (Å²) in [6.45, 7) is 6.33. The lowest BCUT2D eigenvalue weighted by Crippen LogP contribution is -2.48. The molecule has 0 bridgehead atoms. The fourth-order valence-corrected chi connectivity index (χ4v) is 2.27. The lowest BCUT2D eigenvalue weighted by molar-refractivity contribution is 0.192. The second-order valence-corrected chi connectivity index (χ2v) is 4.86. The van der Waals surface area contributed by atoms with E-state index in [-0.39, 0.29) is 12.4 Å². The third-order valence-corrected chi connectivity index (χ3v) is 3.27. The Hall–Kier alpha value is -0.720. The highest BCUT2D eigenvalue weighted by Gasteiger charge is 2.28. The first-order chi connectivity index (χ1) is 7.83. The maximum absolute atomic E-state index is 4.14. The Balaban J connectivity index is 0.00000108. The number of nitrogens with one attached hydrogen (secondary N) is 1. The number of hydrogen-bond acceptors (Lipinski definition) is 5. The molecule has 1 unspecified atom stereocenters. The molecule has 0 spiro atoms. The molecule has 2 aliphatic rings. The van der Waals surface area contributed by atoms with E-state index < -0.39 is 0 Å². The highest BCUT2D eigenvalue weighted by atomic mass is 35.5. The standard InChI is InChI=1S/C10H18N6.ClH/c1-8-6-15(5-4-11-8)7-10-12-13-14-16(10)9-2-3-9;/h8-9,11H,2-7H2,1H3;1H. The molecule has 3 rings (SSSR count). The molecule has 96 valence electrons. The van der Waals surface area contributed by atoms with Crippen molar-refractivity contribution in [2.75, 3.05) is 19.6 Å². The molecule has 0 amide bonds. The Bertz CT molecular complexity index is 363. The summed E-state index contributed by atoms with van der Waals surface area (Å²) in [7, 11) is 0. The Morgan fingerprint density at radius 1 is 1.41 bits per heavy atom. The summed E-state index contributed by atoms with van der Waals surface area (Å²) in [5.74, 6) is 1.02. The first kappa shape index (κ1) is 12.7. The number of nitrogens with zero attached hydrogens (tertiary/aromatic N) is 5. The first-order valence-corrected chi connectivity index (χ1v) is 6.05. The van der Waals surface area contributed by atoms with Crippen molar-refractivity contribution in [3.8, 4) is 0 Å². The SMILES string of the molecule is CC1CN(Cc2nnnn2C2CC2)CCN1.Cl. The lowest BCUT2D eigenvalue weighted by Gasteiger charge is -2.31. The van der Waals surface area contributed by atoms with Crippen molar-refractivity contribution in [1.82, 2.24) is 30.4 Å². The molecule has 7 heteroatoms. The van der Waals surface area contributed by atoms with Gasteiger partial charge >= 0.3 is 0 Å². The fourth-order valence-electron chi connectivity index (χ4n) is 2.27. The third kappa shape index (κ3) is 2.94. The molecule has 0 aromatic carbocycles. The molecule has 17 heavy (non-hydrogen) atoms. The van der Waals surface area contributed by atoms with Crippen molar-refractivity contribution >= 4 is 12.4 Å². The van der Waals surface area contributed by atoms with Crippen LogP contribution >= 0.6 is 12.4 Å². The van der Waals surface area contributed by atoms with Crippen LogP contribution in [0.25, 0.3) is 0 Å². The van der Waals surface area contributed by atoms with Crippen molar-refractivity contribution in [3.63, 3.8) is 0 Å². The summed E-state index contributed by atoms with van der Waals surface area (Å²) in [6, 6.07) is 1.14. The molecule has 1 saturated carbocycles. The van der Waals surface area contributed by atoms with Crippen LogP contribution < -0.4 is 5.32 Å². The quantitative estimate of drug-likeness (QED) is 0.841. The number of tetrazole rings is 1. The van der Waals surface area contributed by atoms with Crippen LogP contribution in [0.4, 0.5) is 0 Å². The van der Waals surface area contributed by atoms with Crippen molar-refractivity contribution in [2.24, 2.45) is 0 Å². The van der Waals surface area contributed by atoms with Crippen molar-refractivity contribution in [3.05, 3.63) is 5.82 Å². The Labute approximate surface area is 107 Å². The maximum atomic E-state index is 4.14. The van der Waals surface area contributed by atoms with E-state index in [4.69, 9.17) is 0 Å².